The largest absolute Gasteiger partial charge is 0.460 e. The summed E-state index contributed by atoms with van der Waals surface area (Å²) in [5.74, 6) is -0.704. The first kappa shape index (κ1) is 21.6. The van der Waals surface area contributed by atoms with E-state index in [1.807, 2.05) is 6.92 Å². The molecule has 2 aromatic rings. The maximum Gasteiger partial charge on any atom is 0.414 e. The molecule has 158 valence electrons. The van der Waals surface area contributed by atoms with Gasteiger partial charge in [0, 0.05) is 23.3 Å². The van der Waals surface area contributed by atoms with Crippen LogP contribution in [-0.2, 0) is 14.2 Å². The van der Waals surface area contributed by atoms with Gasteiger partial charge in [0.1, 0.15) is 5.69 Å². The van der Waals surface area contributed by atoms with E-state index in [-0.39, 0.29) is 36.8 Å². The van der Waals surface area contributed by atoms with Crippen LogP contribution in [0.1, 0.15) is 50.6 Å². The van der Waals surface area contributed by atoms with Gasteiger partial charge in [0.15, 0.2) is 0 Å². The molecule has 29 heavy (non-hydrogen) atoms. The fourth-order valence-corrected chi connectivity index (χ4v) is 3.85. The molecule has 2 atom stereocenters. The number of fused-ring (bicyclic) bond motifs is 1. The summed E-state index contributed by atoms with van der Waals surface area (Å²) < 4.78 is 22.7. The zero-order valence-corrected chi connectivity index (χ0v) is 18.4. The Morgan fingerprint density at radius 2 is 2.03 bits per heavy atom. The molecule has 1 aliphatic rings. The van der Waals surface area contributed by atoms with Crippen LogP contribution in [0, 0.1) is 0 Å². The fraction of sp³-hybridized carbons (Fsp3) is 0.550. The van der Waals surface area contributed by atoms with Gasteiger partial charge in [-0.05, 0) is 55.1 Å². The molecule has 0 aliphatic carbocycles. The minimum atomic E-state index is -0.648. The van der Waals surface area contributed by atoms with Gasteiger partial charge in [-0.15, -0.1) is 0 Å². The second-order valence-corrected chi connectivity index (χ2v) is 7.57. The number of nitrogens with zero attached hydrogens (tertiary/aromatic N) is 2. The maximum absolute atomic E-state index is 13.0. The molecule has 3 heterocycles. The Bertz CT molecular complexity index is 883. The Morgan fingerprint density at radius 1 is 1.28 bits per heavy atom. The standard InChI is InChI=1S/C20H25BrN2O6/c1-4-14-10-13(7-8-28-14)23(20(25)27-6-3)16-15-9-12(21)11-22-18(15)29-17(16)19(24)26-5-2/h9,11,13-14H,4-8,10H2,1-3H3/t13-,14-/m0/s1. The van der Waals surface area contributed by atoms with Crippen molar-refractivity contribution in [1.29, 1.82) is 0 Å². The lowest BCUT2D eigenvalue weighted by Gasteiger charge is -2.36. The Balaban J connectivity index is 2.17. The third-order valence-corrected chi connectivity index (χ3v) is 5.25. The van der Waals surface area contributed by atoms with Gasteiger partial charge in [0.25, 0.3) is 0 Å². The van der Waals surface area contributed by atoms with Gasteiger partial charge in [0.2, 0.25) is 11.5 Å². The number of rotatable bonds is 6. The lowest BCUT2D eigenvalue weighted by atomic mass is 9.99. The van der Waals surface area contributed by atoms with Gasteiger partial charge in [-0.25, -0.2) is 14.6 Å². The van der Waals surface area contributed by atoms with Crippen LogP contribution >= 0.6 is 15.9 Å². The van der Waals surface area contributed by atoms with E-state index in [2.05, 4.69) is 20.9 Å². The molecule has 1 amide bonds. The highest BCUT2D eigenvalue weighted by Gasteiger charge is 2.37. The number of anilines is 1. The molecule has 0 unspecified atom stereocenters. The van der Waals surface area contributed by atoms with Crippen molar-refractivity contribution < 1.29 is 28.2 Å². The summed E-state index contributed by atoms with van der Waals surface area (Å²) in [5.41, 5.74) is 0.576. The summed E-state index contributed by atoms with van der Waals surface area (Å²) >= 11 is 3.40. The second kappa shape index (κ2) is 9.58. The normalized spacial score (nSPS) is 19.2. The molecular formula is C20H25BrN2O6. The summed E-state index contributed by atoms with van der Waals surface area (Å²) in [7, 11) is 0. The molecule has 2 aromatic heterocycles. The van der Waals surface area contributed by atoms with Gasteiger partial charge < -0.3 is 18.6 Å². The highest BCUT2D eigenvalue weighted by Crippen LogP contribution is 2.38. The van der Waals surface area contributed by atoms with E-state index in [0.717, 1.165) is 6.42 Å². The molecule has 1 aliphatic heterocycles. The minimum absolute atomic E-state index is 0.0275. The average Bonchev–Trinajstić information content (AvgIpc) is 3.07. The van der Waals surface area contributed by atoms with E-state index in [1.165, 1.54) is 4.90 Å². The molecule has 8 nitrogen and oxygen atoms in total. The summed E-state index contributed by atoms with van der Waals surface area (Å²) in [4.78, 5) is 31.4. The summed E-state index contributed by atoms with van der Waals surface area (Å²) in [5, 5.41) is 0.537. The Hall–Kier alpha value is -2.13. The number of aromatic nitrogens is 1. The van der Waals surface area contributed by atoms with E-state index < -0.39 is 12.1 Å². The number of carbonyl (C=O) groups excluding carboxylic acids is 2. The van der Waals surface area contributed by atoms with Gasteiger partial charge in [-0.1, -0.05) is 6.92 Å². The fourth-order valence-electron chi connectivity index (χ4n) is 3.51. The lowest BCUT2D eigenvalue weighted by Crippen LogP contribution is -2.46. The van der Waals surface area contributed by atoms with E-state index in [1.54, 1.807) is 26.1 Å². The van der Waals surface area contributed by atoms with Gasteiger partial charge in [-0.2, -0.15) is 0 Å². The number of halogens is 1. The monoisotopic (exact) mass is 468 g/mol. The molecule has 0 spiro atoms. The molecule has 9 heteroatoms. The highest BCUT2D eigenvalue weighted by atomic mass is 79.9. The van der Waals surface area contributed by atoms with Crippen LogP contribution in [-0.4, -0.2) is 49.0 Å². The van der Waals surface area contributed by atoms with E-state index in [4.69, 9.17) is 18.6 Å². The lowest BCUT2D eigenvalue weighted by molar-refractivity contribution is 0.00465. The number of amides is 1. The molecule has 1 saturated heterocycles. The number of furan rings is 1. The van der Waals surface area contributed by atoms with Crippen molar-refractivity contribution in [3.8, 4) is 0 Å². The zero-order valence-electron chi connectivity index (χ0n) is 16.8. The predicted octanol–water partition coefficient (Wildman–Crippen LogP) is 4.69. The Kier molecular flexibility index (Phi) is 7.13. The summed E-state index contributed by atoms with van der Waals surface area (Å²) in [6, 6.07) is 1.56. The SMILES string of the molecule is CCOC(=O)c1oc2ncc(Br)cc2c1N(C(=O)OCC)[C@H]1CCO[C@@H](CC)C1. The summed E-state index contributed by atoms with van der Waals surface area (Å²) in [6.07, 6.45) is 3.14. The number of carbonyl (C=O) groups is 2. The quantitative estimate of drug-likeness (QED) is 0.567. The van der Waals surface area contributed by atoms with Crippen LogP contribution in [0.4, 0.5) is 10.5 Å². The van der Waals surface area contributed by atoms with Crippen molar-refractivity contribution in [2.75, 3.05) is 24.7 Å². The average molecular weight is 469 g/mol. The molecule has 1 fully saturated rings. The Morgan fingerprint density at radius 3 is 2.72 bits per heavy atom. The van der Waals surface area contributed by atoms with Crippen molar-refractivity contribution in [2.24, 2.45) is 0 Å². The van der Waals surface area contributed by atoms with Gasteiger partial charge >= 0.3 is 12.1 Å². The molecule has 0 saturated carbocycles. The van der Waals surface area contributed by atoms with E-state index in [9.17, 15) is 9.59 Å². The molecule has 0 radical (unpaired) electrons. The third kappa shape index (κ3) is 4.56. The first-order valence-electron chi connectivity index (χ1n) is 9.82. The molecule has 0 aromatic carbocycles. The van der Waals surface area contributed by atoms with Crippen LogP contribution in [0.25, 0.3) is 11.1 Å². The number of hydrogen-bond donors (Lipinski definition) is 0. The van der Waals surface area contributed by atoms with Crippen molar-refractivity contribution >= 4 is 44.8 Å². The van der Waals surface area contributed by atoms with Crippen LogP contribution in [0.5, 0.6) is 0 Å². The Labute approximate surface area is 177 Å². The van der Waals surface area contributed by atoms with E-state index >= 15 is 0 Å². The van der Waals surface area contributed by atoms with Gasteiger partial charge in [0.05, 0.1) is 24.7 Å². The smallest absolute Gasteiger partial charge is 0.414 e. The molecule has 0 N–H and O–H groups in total. The number of pyridine rings is 1. The minimum Gasteiger partial charge on any atom is -0.460 e. The van der Waals surface area contributed by atoms with Crippen LogP contribution in [0.3, 0.4) is 0 Å². The highest BCUT2D eigenvalue weighted by molar-refractivity contribution is 9.10. The predicted molar refractivity (Wildman–Crippen MR) is 110 cm³/mol. The number of ether oxygens (including phenoxy) is 3. The first-order chi connectivity index (χ1) is 14.0. The topological polar surface area (TPSA) is 91.1 Å². The third-order valence-electron chi connectivity index (χ3n) is 4.81. The maximum atomic E-state index is 13.0. The van der Waals surface area contributed by atoms with Crippen molar-refractivity contribution in [3.05, 3.63) is 22.5 Å². The zero-order chi connectivity index (χ0) is 21.0. The van der Waals surface area contributed by atoms with Crippen LogP contribution in [0.15, 0.2) is 21.2 Å². The molecular weight excluding hydrogens is 444 g/mol. The summed E-state index contributed by atoms with van der Waals surface area (Å²) in [6.45, 7) is 6.41. The second-order valence-electron chi connectivity index (χ2n) is 6.65. The number of hydrogen-bond acceptors (Lipinski definition) is 7. The first-order valence-corrected chi connectivity index (χ1v) is 10.6. The van der Waals surface area contributed by atoms with Crippen molar-refractivity contribution in [2.45, 2.75) is 52.2 Å². The van der Waals surface area contributed by atoms with Crippen molar-refractivity contribution in [3.63, 3.8) is 0 Å². The molecule has 0 bridgehead atoms. The van der Waals surface area contributed by atoms with Crippen molar-refractivity contribution in [1.82, 2.24) is 4.98 Å². The van der Waals surface area contributed by atoms with Gasteiger partial charge in [-0.3, -0.25) is 4.90 Å². The van der Waals surface area contributed by atoms with E-state index in [0.29, 0.717) is 35.0 Å². The number of esters is 1. The molecule has 3 rings (SSSR count). The van der Waals surface area contributed by atoms with Crippen LogP contribution in [0.2, 0.25) is 0 Å². The van der Waals surface area contributed by atoms with Crippen LogP contribution < -0.4 is 4.90 Å².